The standard InChI is InChI=1S/C12H10N4OS.C9H16N2O2/c1-7-3-4-9(16-15-7)8-5-13-12(17-2)10-11(8)18-6-14-10;10-8(12)11-4-1-9(7-11)2-5-13-6-3-9/h3-6H,1-2H3;1-7H2,(H2,10,12). The number of likely N-dealkylation sites (tertiary alicyclic amines) is 1. The maximum Gasteiger partial charge on any atom is 0.314 e. The molecule has 2 aliphatic heterocycles. The lowest BCUT2D eigenvalue weighted by molar-refractivity contribution is 0.0210. The van der Waals surface area contributed by atoms with Crippen LogP contribution in [0.15, 0.2) is 23.8 Å². The first-order valence-electron chi connectivity index (χ1n) is 10.2. The first kappa shape index (κ1) is 21.4. The molecule has 0 aliphatic carbocycles. The molecule has 0 bridgehead atoms. The molecular formula is C21H26N6O3S. The average molecular weight is 443 g/mol. The predicted molar refractivity (Wildman–Crippen MR) is 118 cm³/mol. The van der Waals surface area contributed by atoms with Gasteiger partial charge in [-0.2, -0.15) is 10.2 Å². The lowest BCUT2D eigenvalue weighted by atomic mass is 9.80. The smallest absolute Gasteiger partial charge is 0.314 e. The van der Waals surface area contributed by atoms with Gasteiger partial charge in [0, 0.05) is 38.1 Å². The van der Waals surface area contributed by atoms with E-state index < -0.39 is 0 Å². The van der Waals surface area contributed by atoms with Crippen LogP contribution in [0, 0.1) is 12.3 Å². The van der Waals surface area contributed by atoms with Gasteiger partial charge in [0.1, 0.15) is 5.52 Å². The molecule has 164 valence electrons. The molecule has 0 unspecified atom stereocenters. The zero-order valence-corrected chi connectivity index (χ0v) is 18.5. The average Bonchev–Trinajstić information content (AvgIpc) is 3.43. The van der Waals surface area contributed by atoms with Crippen LogP contribution in [-0.4, -0.2) is 64.5 Å². The molecule has 5 heterocycles. The molecule has 10 heteroatoms. The summed E-state index contributed by atoms with van der Waals surface area (Å²) < 4.78 is 11.5. The lowest BCUT2D eigenvalue weighted by Crippen LogP contribution is -2.38. The minimum Gasteiger partial charge on any atom is -0.479 e. The molecule has 2 aliphatic rings. The van der Waals surface area contributed by atoms with Crippen molar-refractivity contribution in [2.45, 2.75) is 26.2 Å². The van der Waals surface area contributed by atoms with Crippen LogP contribution in [-0.2, 0) is 4.74 Å². The van der Waals surface area contributed by atoms with Crippen LogP contribution in [0.4, 0.5) is 4.79 Å². The van der Waals surface area contributed by atoms with Crippen LogP contribution in [0.3, 0.4) is 0 Å². The third-order valence-corrected chi connectivity index (χ3v) is 6.76. The van der Waals surface area contributed by atoms with Gasteiger partial charge in [0.25, 0.3) is 0 Å². The van der Waals surface area contributed by atoms with E-state index in [1.807, 2.05) is 19.1 Å². The quantitative estimate of drug-likeness (QED) is 0.648. The number of amides is 2. The summed E-state index contributed by atoms with van der Waals surface area (Å²) in [6.07, 6.45) is 5.01. The number of methoxy groups -OCH3 is 1. The number of carbonyl (C=O) groups excluding carboxylic acids is 1. The van der Waals surface area contributed by atoms with Gasteiger partial charge >= 0.3 is 6.03 Å². The summed E-state index contributed by atoms with van der Waals surface area (Å²) in [6, 6.07) is 3.59. The van der Waals surface area contributed by atoms with Crippen LogP contribution in [0.25, 0.3) is 21.5 Å². The van der Waals surface area contributed by atoms with Gasteiger partial charge < -0.3 is 20.1 Å². The Labute approximate surface area is 184 Å². The van der Waals surface area contributed by atoms with Crippen molar-refractivity contribution >= 4 is 27.6 Å². The van der Waals surface area contributed by atoms with Gasteiger partial charge in [-0.3, -0.25) is 0 Å². The van der Waals surface area contributed by atoms with Crippen molar-refractivity contribution in [3.63, 3.8) is 0 Å². The minimum absolute atomic E-state index is 0.275. The summed E-state index contributed by atoms with van der Waals surface area (Å²) in [5, 5.41) is 8.25. The number of rotatable bonds is 2. The van der Waals surface area contributed by atoms with E-state index in [0.29, 0.717) is 11.3 Å². The number of nitrogens with two attached hydrogens (primary N) is 1. The molecule has 1 spiro atoms. The fourth-order valence-electron chi connectivity index (χ4n) is 4.04. The van der Waals surface area contributed by atoms with E-state index in [2.05, 4.69) is 20.2 Å². The number of ether oxygens (including phenoxy) is 2. The first-order valence-corrected chi connectivity index (χ1v) is 11.1. The molecule has 0 saturated carbocycles. The number of urea groups is 1. The highest BCUT2D eigenvalue weighted by Crippen LogP contribution is 2.39. The van der Waals surface area contributed by atoms with Crippen LogP contribution < -0.4 is 10.5 Å². The van der Waals surface area contributed by atoms with E-state index >= 15 is 0 Å². The molecule has 2 fully saturated rings. The minimum atomic E-state index is -0.275. The number of fused-ring (bicyclic) bond motifs is 1. The van der Waals surface area contributed by atoms with E-state index in [-0.39, 0.29) is 6.03 Å². The fourth-order valence-corrected chi connectivity index (χ4v) is 4.84. The Bertz CT molecular complexity index is 1050. The summed E-state index contributed by atoms with van der Waals surface area (Å²) in [5.41, 5.74) is 10.7. The summed E-state index contributed by atoms with van der Waals surface area (Å²) in [6.45, 7) is 5.26. The summed E-state index contributed by atoms with van der Waals surface area (Å²) >= 11 is 1.54. The predicted octanol–water partition coefficient (Wildman–Crippen LogP) is 3.03. The molecule has 2 N–H and O–H groups in total. The third-order valence-electron chi connectivity index (χ3n) is 5.90. The molecule has 5 rings (SSSR count). The molecule has 3 aromatic rings. The van der Waals surface area contributed by atoms with Crippen molar-refractivity contribution in [1.82, 2.24) is 25.1 Å². The highest BCUT2D eigenvalue weighted by atomic mass is 32.1. The number of carbonyl (C=O) groups is 1. The van der Waals surface area contributed by atoms with Gasteiger partial charge in [0.05, 0.1) is 28.7 Å². The molecular weight excluding hydrogens is 416 g/mol. The Balaban J connectivity index is 0.000000158. The summed E-state index contributed by atoms with van der Waals surface area (Å²) in [7, 11) is 1.59. The van der Waals surface area contributed by atoms with Gasteiger partial charge in [-0.15, -0.1) is 11.3 Å². The first-order chi connectivity index (χ1) is 15.0. The Morgan fingerprint density at radius 3 is 2.68 bits per heavy atom. The summed E-state index contributed by atoms with van der Waals surface area (Å²) in [4.78, 5) is 21.2. The van der Waals surface area contributed by atoms with Crippen molar-refractivity contribution in [3.8, 4) is 17.1 Å². The van der Waals surface area contributed by atoms with Gasteiger partial charge in [-0.1, -0.05) is 0 Å². The van der Waals surface area contributed by atoms with Gasteiger partial charge in [0.15, 0.2) is 0 Å². The van der Waals surface area contributed by atoms with Crippen molar-refractivity contribution in [1.29, 1.82) is 0 Å². The highest BCUT2D eigenvalue weighted by molar-refractivity contribution is 7.17. The van der Waals surface area contributed by atoms with Crippen LogP contribution in [0.2, 0.25) is 0 Å². The van der Waals surface area contributed by atoms with Gasteiger partial charge in [0.2, 0.25) is 5.88 Å². The van der Waals surface area contributed by atoms with E-state index in [4.69, 9.17) is 15.2 Å². The number of nitrogens with zero attached hydrogens (tertiary/aromatic N) is 5. The second-order valence-electron chi connectivity index (χ2n) is 7.89. The number of aromatic nitrogens is 4. The van der Waals surface area contributed by atoms with Crippen LogP contribution >= 0.6 is 11.3 Å². The van der Waals surface area contributed by atoms with Crippen molar-refractivity contribution in [3.05, 3.63) is 29.5 Å². The second kappa shape index (κ2) is 9.11. The van der Waals surface area contributed by atoms with Crippen molar-refractivity contribution in [2.24, 2.45) is 11.1 Å². The summed E-state index contributed by atoms with van der Waals surface area (Å²) in [5.74, 6) is 0.537. The molecule has 9 nitrogen and oxygen atoms in total. The topological polar surface area (TPSA) is 116 Å². The molecule has 0 aromatic carbocycles. The largest absolute Gasteiger partial charge is 0.479 e. The van der Waals surface area contributed by atoms with E-state index in [9.17, 15) is 4.79 Å². The van der Waals surface area contributed by atoms with E-state index in [1.165, 1.54) is 0 Å². The number of hydrogen-bond donors (Lipinski definition) is 1. The van der Waals surface area contributed by atoms with E-state index in [0.717, 1.165) is 72.7 Å². The lowest BCUT2D eigenvalue weighted by Gasteiger charge is -2.32. The SMILES string of the molecule is COc1ncc(-c2ccc(C)nn2)c2scnc12.NC(=O)N1CCC2(CCOCC2)C1. The second-order valence-corrected chi connectivity index (χ2v) is 8.75. The number of primary amides is 1. The monoisotopic (exact) mass is 442 g/mol. The normalized spacial score (nSPS) is 17.4. The van der Waals surface area contributed by atoms with Crippen molar-refractivity contribution in [2.75, 3.05) is 33.4 Å². The molecule has 0 atom stereocenters. The van der Waals surface area contributed by atoms with E-state index in [1.54, 1.807) is 35.1 Å². The molecule has 0 radical (unpaired) electrons. The zero-order valence-electron chi connectivity index (χ0n) is 17.7. The highest BCUT2D eigenvalue weighted by Gasteiger charge is 2.40. The molecule has 2 saturated heterocycles. The molecule has 2 amide bonds. The zero-order chi connectivity index (χ0) is 21.8. The fraction of sp³-hybridized carbons (Fsp3) is 0.476. The number of aryl methyl sites for hydroxylation is 1. The van der Waals surface area contributed by atoms with Crippen LogP contribution in [0.1, 0.15) is 25.0 Å². The number of thiazole rings is 1. The van der Waals surface area contributed by atoms with Crippen molar-refractivity contribution < 1.29 is 14.3 Å². The Morgan fingerprint density at radius 2 is 2.03 bits per heavy atom. The van der Waals surface area contributed by atoms with Gasteiger partial charge in [-0.05, 0) is 43.7 Å². The Kier molecular flexibility index (Phi) is 6.28. The number of hydrogen-bond acceptors (Lipinski definition) is 8. The third kappa shape index (κ3) is 4.59. The maximum absolute atomic E-state index is 10.9. The molecule has 3 aromatic heterocycles. The maximum atomic E-state index is 10.9. The Morgan fingerprint density at radius 1 is 1.23 bits per heavy atom. The van der Waals surface area contributed by atoms with Crippen LogP contribution in [0.5, 0.6) is 5.88 Å². The number of pyridine rings is 1. The molecule has 31 heavy (non-hydrogen) atoms. The Hall–Kier alpha value is -2.85. The van der Waals surface area contributed by atoms with Gasteiger partial charge in [-0.25, -0.2) is 14.8 Å².